The molecule has 0 aromatic heterocycles. The highest BCUT2D eigenvalue weighted by molar-refractivity contribution is 4.88. The molecule has 1 N–H and O–H groups in total. The quantitative estimate of drug-likeness (QED) is 0.602. The minimum absolute atomic E-state index is 0.160. The molecule has 0 bridgehead atoms. The molecule has 3 heteroatoms. The van der Waals surface area contributed by atoms with E-state index >= 15 is 0 Å². The number of aliphatic hydroxyl groups excluding tert-OH is 1. The van der Waals surface area contributed by atoms with Crippen molar-refractivity contribution in [2.75, 3.05) is 19.8 Å². The van der Waals surface area contributed by atoms with E-state index in [9.17, 15) is 5.11 Å². The molecule has 1 fully saturated rings. The fourth-order valence-corrected chi connectivity index (χ4v) is 0.932. The molecule has 11 heavy (non-hydrogen) atoms. The lowest BCUT2D eigenvalue weighted by molar-refractivity contribution is 0.00103. The first-order valence-electron chi connectivity index (χ1n) is 3.72. The van der Waals surface area contributed by atoms with Crippen LogP contribution in [0, 0.1) is 0 Å². The molecule has 1 saturated heterocycles. The summed E-state index contributed by atoms with van der Waals surface area (Å²) in [5.74, 6) is 0. The van der Waals surface area contributed by atoms with E-state index in [1.165, 1.54) is 0 Å². The van der Waals surface area contributed by atoms with Gasteiger partial charge in [0.15, 0.2) is 0 Å². The molecule has 0 aromatic rings. The summed E-state index contributed by atoms with van der Waals surface area (Å²) >= 11 is 0. The summed E-state index contributed by atoms with van der Waals surface area (Å²) in [6, 6.07) is 0. The second kappa shape index (κ2) is 3.85. The van der Waals surface area contributed by atoms with Crippen LogP contribution >= 0.6 is 0 Å². The highest BCUT2D eigenvalue weighted by atomic mass is 16.6. The monoisotopic (exact) mass is 158 g/mol. The van der Waals surface area contributed by atoms with Gasteiger partial charge in [-0.3, -0.25) is 0 Å². The van der Waals surface area contributed by atoms with Crippen molar-refractivity contribution in [3.63, 3.8) is 0 Å². The third-order valence-corrected chi connectivity index (χ3v) is 1.54. The summed E-state index contributed by atoms with van der Waals surface area (Å²) < 4.78 is 10.3. The van der Waals surface area contributed by atoms with Crippen LogP contribution in [0.5, 0.6) is 0 Å². The molecule has 1 aliphatic rings. The Kier molecular flexibility index (Phi) is 3.05. The molecule has 1 rings (SSSR count). The second-order valence-electron chi connectivity index (χ2n) is 2.91. The summed E-state index contributed by atoms with van der Waals surface area (Å²) in [5, 5.41) is 9.22. The van der Waals surface area contributed by atoms with Crippen molar-refractivity contribution in [1.29, 1.82) is 0 Å². The highest BCUT2D eigenvalue weighted by Gasteiger charge is 2.26. The molecular formula is C8H14O3. The molecular weight excluding hydrogens is 144 g/mol. The van der Waals surface area contributed by atoms with Gasteiger partial charge in [-0.25, -0.2) is 0 Å². The van der Waals surface area contributed by atoms with E-state index in [1.807, 2.05) is 6.92 Å². The van der Waals surface area contributed by atoms with E-state index in [0.29, 0.717) is 19.8 Å². The van der Waals surface area contributed by atoms with Crippen molar-refractivity contribution in [1.82, 2.24) is 0 Å². The maximum Gasteiger partial charge on any atom is 0.109 e. The maximum atomic E-state index is 9.22. The number of hydrogen-bond acceptors (Lipinski definition) is 3. The van der Waals surface area contributed by atoms with Crippen LogP contribution in [0.25, 0.3) is 0 Å². The first-order chi connectivity index (χ1) is 5.20. The molecule has 0 radical (unpaired) electrons. The van der Waals surface area contributed by atoms with Crippen molar-refractivity contribution in [3.8, 4) is 0 Å². The molecule has 0 spiro atoms. The Morgan fingerprint density at radius 2 is 2.45 bits per heavy atom. The molecule has 0 saturated carbocycles. The number of rotatable bonds is 3. The standard InChI is InChI=1S/C8H14O3/c1-6(2)3-11-8-5-10-4-7(8)9/h7-9H,1,3-5H2,2H3/t7-,8+/m1/s1. The predicted octanol–water partition coefficient (Wildman–Crippen LogP) is 0.339. The molecule has 3 nitrogen and oxygen atoms in total. The average molecular weight is 158 g/mol. The Balaban J connectivity index is 2.20. The second-order valence-corrected chi connectivity index (χ2v) is 2.91. The van der Waals surface area contributed by atoms with E-state index in [2.05, 4.69) is 6.58 Å². The topological polar surface area (TPSA) is 38.7 Å². The van der Waals surface area contributed by atoms with Gasteiger partial charge in [-0.1, -0.05) is 12.2 Å². The summed E-state index contributed by atoms with van der Waals surface area (Å²) in [6.07, 6.45) is -0.624. The lowest BCUT2D eigenvalue weighted by Gasteiger charge is -2.12. The Morgan fingerprint density at radius 3 is 2.91 bits per heavy atom. The van der Waals surface area contributed by atoms with E-state index in [1.54, 1.807) is 0 Å². The minimum atomic E-state index is -0.464. The van der Waals surface area contributed by atoms with Crippen LogP contribution in [-0.2, 0) is 9.47 Å². The fourth-order valence-electron chi connectivity index (χ4n) is 0.932. The number of ether oxygens (including phenoxy) is 2. The maximum absolute atomic E-state index is 9.22. The SMILES string of the molecule is C=C(C)CO[C@H]1COC[C@H]1O. The van der Waals surface area contributed by atoms with Gasteiger partial charge in [0.1, 0.15) is 12.2 Å². The van der Waals surface area contributed by atoms with Gasteiger partial charge in [0, 0.05) is 0 Å². The summed E-state index contributed by atoms with van der Waals surface area (Å²) in [5.41, 5.74) is 0.962. The summed E-state index contributed by atoms with van der Waals surface area (Å²) in [6.45, 7) is 6.97. The molecule has 2 atom stereocenters. The van der Waals surface area contributed by atoms with Gasteiger partial charge >= 0.3 is 0 Å². The molecule has 64 valence electrons. The Labute approximate surface area is 66.6 Å². The largest absolute Gasteiger partial charge is 0.388 e. The van der Waals surface area contributed by atoms with E-state index < -0.39 is 6.10 Å². The van der Waals surface area contributed by atoms with Crippen LogP contribution in [0.3, 0.4) is 0 Å². The van der Waals surface area contributed by atoms with Crippen molar-refractivity contribution in [2.45, 2.75) is 19.1 Å². The highest BCUT2D eigenvalue weighted by Crippen LogP contribution is 2.09. The molecule has 1 aliphatic heterocycles. The van der Waals surface area contributed by atoms with Gasteiger partial charge < -0.3 is 14.6 Å². The normalized spacial score (nSPS) is 30.7. The first kappa shape index (κ1) is 8.71. The molecule has 1 heterocycles. The van der Waals surface area contributed by atoms with Crippen LogP contribution in [0.4, 0.5) is 0 Å². The van der Waals surface area contributed by atoms with Gasteiger partial charge in [0.2, 0.25) is 0 Å². The average Bonchev–Trinajstić information content (AvgIpc) is 2.31. The van der Waals surface area contributed by atoms with Crippen LogP contribution in [0.2, 0.25) is 0 Å². The van der Waals surface area contributed by atoms with Crippen molar-refractivity contribution in [2.24, 2.45) is 0 Å². The Hall–Kier alpha value is -0.380. The van der Waals surface area contributed by atoms with Gasteiger partial charge in [-0.2, -0.15) is 0 Å². The smallest absolute Gasteiger partial charge is 0.109 e. The van der Waals surface area contributed by atoms with Gasteiger partial charge in [-0.05, 0) is 6.92 Å². The third kappa shape index (κ3) is 2.61. The van der Waals surface area contributed by atoms with Gasteiger partial charge in [0.25, 0.3) is 0 Å². The van der Waals surface area contributed by atoms with Crippen LogP contribution in [0.1, 0.15) is 6.92 Å². The predicted molar refractivity (Wildman–Crippen MR) is 41.4 cm³/mol. The zero-order valence-corrected chi connectivity index (χ0v) is 6.75. The number of aliphatic hydroxyl groups is 1. The number of hydrogen-bond donors (Lipinski definition) is 1. The molecule has 0 aliphatic carbocycles. The lowest BCUT2D eigenvalue weighted by Crippen LogP contribution is -2.27. The lowest BCUT2D eigenvalue weighted by atomic mass is 10.2. The minimum Gasteiger partial charge on any atom is -0.388 e. The summed E-state index contributed by atoms with van der Waals surface area (Å²) in [7, 11) is 0. The van der Waals surface area contributed by atoms with Gasteiger partial charge in [-0.15, -0.1) is 0 Å². The van der Waals surface area contributed by atoms with Gasteiger partial charge in [0.05, 0.1) is 19.8 Å². The molecule has 0 unspecified atom stereocenters. The van der Waals surface area contributed by atoms with E-state index in [0.717, 1.165) is 5.57 Å². The fraction of sp³-hybridized carbons (Fsp3) is 0.750. The Morgan fingerprint density at radius 1 is 1.73 bits per heavy atom. The zero-order chi connectivity index (χ0) is 8.27. The molecule has 0 amide bonds. The first-order valence-corrected chi connectivity index (χ1v) is 3.72. The van der Waals surface area contributed by atoms with Crippen molar-refractivity contribution in [3.05, 3.63) is 12.2 Å². The van der Waals surface area contributed by atoms with Crippen molar-refractivity contribution < 1.29 is 14.6 Å². The van der Waals surface area contributed by atoms with Crippen LogP contribution < -0.4 is 0 Å². The van der Waals surface area contributed by atoms with Crippen LogP contribution in [0.15, 0.2) is 12.2 Å². The van der Waals surface area contributed by atoms with E-state index in [4.69, 9.17) is 9.47 Å². The zero-order valence-electron chi connectivity index (χ0n) is 6.75. The summed E-state index contributed by atoms with van der Waals surface area (Å²) in [4.78, 5) is 0. The van der Waals surface area contributed by atoms with Crippen LogP contribution in [-0.4, -0.2) is 37.1 Å². The third-order valence-electron chi connectivity index (χ3n) is 1.54. The van der Waals surface area contributed by atoms with E-state index in [-0.39, 0.29) is 6.10 Å². The van der Waals surface area contributed by atoms with Crippen molar-refractivity contribution >= 4 is 0 Å². The molecule has 0 aromatic carbocycles. The Bertz CT molecular complexity index is 144.